The van der Waals surface area contributed by atoms with Gasteiger partial charge in [-0.15, -0.1) is 17.0 Å². The molecule has 1 atom stereocenters. The SMILES string of the molecule is Br.CCCN(CCC)S(=O)(=O)c1cc(C2(O)CSC(=Nc3cc(Cl)c(OC)cc3OC)N2C)ccc1Cl. The van der Waals surface area contributed by atoms with Crippen molar-refractivity contribution >= 4 is 72.8 Å². The van der Waals surface area contributed by atoms with E-state index in [1.165, 1.54) is 42.4 Å². The number of hydrogen-bond donors (Lipinski definition) is 1. The Labute approximate surface area is 243 Å². The Kier molecular flexibility index (Phi) is 11.4. The van der Waals surface area contributed by atoms with Gasteiger partial charge in [-0.25, -0.2) is 13.4 Å². The summed E-state index contributed by atoms with van der Waals surface area (Å²) < 4.78 is 39.0. The van der Waals surface area contributed by atoms with Crippen molar-refractivity contribution in [3.05, 3.63) is 45.9 Å². The lowest BCUT2D eigenvalue weighted by molar-refractivity contribution is -0.0349. The van der Waals surface area contributed by atoms with Crippen LogP contribution in [0.3, 0.4) is 0 Å². The summed E-state index contributed by atoms with van der Waals surface area (Å²) >= 11 is 14.0. The van der Waals surface area contributed by atoms with Crippen LogP contribution in [0.5, 0.6) is 11.5 Å². The first-order chi connectivity index (χ1) is 17.0. The molecule has 0 saturated carbocycles. The van der Waals surface area contributed by atoms with Crippen molar-refractivity contribution in [1.82, 2.24) is 9.21 Å². The Balaban J connectivity index is 0.00000481. The molecule has 0 bridgehead atoms. The van der Waals surface area contributed by atoms with E-state index in [1.807, 2.05) is 13.8 Å². The van der Waals surface area contributed by atoms with Crippen LogP contribution in [0, 0.1) is 0 Å². The lowest BCUT2D eigenvalue weighted by Gasteiger charge is -2.32. The van der Waals surface area contributed by atoms with Crippen molar-refractivity contribution in [3.63, 3.8) is 0 Å². The fourth-order valence-electron chi connectivity index (χ4n) is 3.88. The molecule has 1 N–H and O–H groups in total. The Morgan fingerprint density at radius 2 is 1.70 bits per heavy atom. The van der Waals surface area contributed by atoms with Crippen LogP contribution in [-0.4, -0.2) is 68.0 Å². The number of aliphatic imine (C=N–C) groups is 1. The lowest BCUT2D eigenvalue weighted by atomic mass is 10.0. The summed E-state index contributed by atoms with van der Waals surface area (Å²) in [6, 6.07) is 7.87. The monoisotopic (exact) mass is 655 g/mol. The summed E-state index contributed by atoms with van der Waals surface area (Å²) in [4.78, 5) is 6.24. The van der Waals surface area contributed by atoms with Crippen LogP contribution in [0.15, 0.2) is 40.2 Å². The third kappa shape index (κ3) is 6.51. The van der Waals surface area contributed by atoms with E-state index in [0.717, 1.165) is 0 Å². The van der Waals surface area contributed by atoms with E-state index in [2.05, 4.69) is 4.99 Å². The molecule has 2 aromatic rings. The van der Waals surface area contributed by atoms with E-state index in [1.54, 1.807) is 30.1 Å². The highest BCUT2D eigenvalue weighted by Crippen LogP contribution is 2.43. The molecule has 37 heavy (non-hydrogen) atoms. The van der Waals surface area contributed by atoms with Gasteiger partial charge in [0.25, 0.3) is 0 Å². The van der Waals surface area contributed by atoms with Crippen LogP contribution < -0.4 is 9.47 Å². The predicted octanol–water partition coefficient (Wildman–Crippen LogP) is 5.91. The molecule has 0 amide bonds. The molecule has 1 heterocycles. The third-order valence-electron chi connectivity index (χ3n) is 5.87. The van der Waals surface area contributed by atoms with Crippen molar-refractivity contribution in [2.75, 3.05) is 40.1 Å². The van der Waals surface area contributed by atoms with Crippen LogP contribution in [0.1, 0.15) is 32.3 Å². The standard InChI is InChI=1S/C24H31Cl2N3O5S2.BrH/c1-6-10-29(11-7-2)36(31,32)22-12-16(8-9-17(22)25)24(30)15-35-23(28(24)3)27-19-13-18(26)20(33-4)14-21(19)34-5;/h8-9,12-14,30H,6-7,10-11,15H2,1-5H3;1H. The summed E-state index contributed by atoms with van der Waals surface area (Å²) in [5.74, 6) is 1.14. The second-order valence-corrected chi connectivity index (χ2v) is 11.9. The highest BCUT2D eigenvalue weighted by molar-refractivity contribution is 8.93. The van der Waals surface area contributed by atoms with Gasteiger partial charge in [-0.1, -0.05) is 54.9 Å². The maximum absolute atomic E-state index is 13.4. The van der Waals surface area contributed by atoms with Crippen LogP contribution in [0.2, 0.25) is 10.0 Å². The third-order valence-corrected chi connectivity index (χ3v) is 9.72. The first-order valence-corrected chi connectivity index (χ1v) is 14.6. The van der Waals surface area contributed by atoms with Gasteiger partial charge in [0.05, 0.1) is 30.0 Å². The van der Waals surface area contributed by atoms with Gasteiger partial charge in [-0.3, -0.25) is 0 Å². The van der Waals surface area contributed by atoms with E-state index in [9.17, 15) is 13.5 Å². The largest absolute Gasteiger partial charge is 0.495 e. The number of hydrogen-bond acceptors (Lipinski definition) is 7. The maximum atomic E-state index is 13.4. The van der Waals surface area contributed by atoms with Gasteiger partial charge in [-0.2, -0.15) is 4.31 Å². The highest BCUT2D eigenvalue weighted by Gasteiger charge is 2.43. The van der Waals surface area contributed by atoms with Crippen molar-refractivity contribution in [3.8, 4) is 11.5 Å². The van der Waals surface area contributed by atoms with Gasteiger partial charge in [0, 0.05) is 31.8 Å². The quantitative estimate of drug-likeness (QED) is 0.340. The fourth-order valence-corrected chi connectivity index (χ4v) is 7.43. The molecule has 1 aliphatic heterocycles. The number of methoxy groups -OCH3 is 2. The topological polar surface area (TPSA) is 91.7 Å². The summed E-state index contributed by atoms with van der Waals surface area (Å²) in [6.45, 7) is 4.63. The van der Waals surface area contributed by atoms with Gasteiger partial charge in [-0.05, 0) is 31.0 Å². The number of benzene rings is 2. The van der Waals surface area contributed by atoms with Crippen molar-refractivity contribution in [2.24, 2.45) is 4.99 Å². The molecule has 206 valence electrons. The summed E-state index contributed by atoms with van der Waals surface area (Å²) in [7, 11) is 0.880. The molecular formula is C24H32BrCl2N3O5S2. The minimum absolute atomic E-state index is 0. The average molecular weight is 657 g/mol. The van der Waals surface area contributed by atoms with E-state index < -0.39 is 15.7 Å². The summed E-state index contributed by atoms with van der Waals surface area (Å²) in [6.07, 6.45) is 1.36. The Morgan fingerprint density at radius 1 is 1.08 bits per heavy atom. The van der Waals surface area contributed by atoms with E-state index >= 15 is 0 Å². The summed E-state index contributed by atoms with van der Waals surface area (Å²) in [5.41, 5.74) is -0.642. The van der Waals surface area contributed by atoms with Crippen molar-refractivity contribution in [1.29, 1.82) is 0 Å². The number of sulfonamides is 1. The van der Waals surface area contributed by atoms with Gasteiger partial charge in [0.2, 0.25) is 10.0 Å². The zero-order chi connectivity index (χ0) is 26.7. The molecule has 1 saturated heterocycles. The Bertz CT molecular complexity index is 1240. The number of halogens is 3. The number of rotatable bonds is 10. The molecule has 8 nitrogen and oxygen atoms in total. The molecule has 0 aromatic heterocycles. The van der Waals surface area contributed by atoms with E-state index in [-0.39, 0.29) is 32.7 Å². The molecule has 0 aliphatic carbocycles. The minimum atomic E-state index is -3.84. The van der Waals surface area contributed by atoms with Crippen LogP contribution in [-0.2, 0) is 15.7 Å². The predicted molar refractivity (Wildman–Crippen MR) is 157 cm³/mol. The Morgan fingerprint density at radius 3 is 2.27 bits per heavy atom. The first kappa shape index (κ1) is 32.0. The minimum Gasteiger partial charge on any atom is -0.495 e. The van der Waals surface area contributed by atoms with Crippen molar-refractivity contribution < 1.29 is 23.0 Å². The van der Waals surface area contributed by atoms with E-state index in [0.29, 0.717) is 58.9 Å². The highest BCUT2D eigenvalue weighted by atomic mass is 79.9. The second kappa shape index (κ2) is 13.2. The number of amidine groups is 1. The fraction of sp³-hybridized carbons (Fsp3) is 0.458. The van der Waals surface area contributed by atoms with Gasteiger partial charge < -0.3 is 19.5 Å². The summed E-state index contributed by atoms with van der Waals surface area (Å²) in [5, 5.41) is 12.7. The Hall–Kier alpha value is -1.21. The van der Waals surface area contributed by atoms with Crippen LogP contribution in [0.25, 0.3) is 0 Å². The zero-order valence-electron chi connectivity index (χ0n) is 21.3. The van der Waals surface area contributed by atoms with Gasteiger partial charge in [0.1, 0.15) is 22.1 Å². The number of thioether (sulfide) groups is 1. The molecular weight excluding hydrogens is 625 g/mol. The number of aliphatic hydroxyl groups is 1. The van der Waals surface area contributed by atoms with Gasteiger partial charge in [0.15, 0.2) is 10.9 Å². The molecule has 13 heteroatoms. The lowest BCUT2D eigenvalue weighted by Crippen LogP contribution is -2.42. The molecule has 1 aliphatic rings. The van der Waals surface area contributed by atoms with Crippen LogP contribution >= 0.6 is 51.9 Å². The molecule has 3 rings (SSSR count). The van der Waals surface area contributed by atoms with Crippen molar-refractivity contribution in [2.45, 2.75) is 37.3 Å². The van der Waals surface area contributed by atoms with Crippen LogP contribution in [0.4, 0.5) is 5.69 Å². The zero-order valence-corrected chi connectivity index (χ0v) is 26.2. The molecule has 1 unspecified atom stereocenters. The smallest absolute Gasteiger partial charge is 0.244 e. The molecule has 0 spiro atoms. The maximum Gasteiger partial charge on any atom is 0.244 e. The number of nitrogens with zero attached hydrogens (tertiary/aromatic N) is 3. The number of ether oxygens (including phenoxy) is 2. The average Bonchev–Trinajstić information content (AvgIpc) is 3.13. The molecule has 2 aromatic carbocycles. The molecule has 0 radical (unpaired) electrons. The second-order valence-electron chi connectivity index (χ2n) is 8.27. The molecule has 1 fully saturated rings. The van der Waals surface area contributed by atoms with Gasteiger partial charge >= 0.3 is 0 Å². The van der Waals surface area contributed by atoms with E-state index in [4.69, 9.17) is 32.7 Å². The normalized spacial score (nSPS) is 18.8. The first-order valence-electron chi connectivity index (χ1n) is 11.4.